The number of benzene rings is 2. The second-order valence-electron chi connectivity index (χ2n) is 5.84. The molecule has 3 nitrogen and oxygen atoms in total. The van der Waals surface area contributed by atoms with E-state index >= 15 is 0 Å². The summed E-state index contributed by atoms with van der Waals surface area (Å²) in [5.74, 6) is 0. The van der Waals surface area contributed by atoms with Gasteiger partial charge < -0.3 is 14.6 Å². The van der Waals surface area contributed by atoms with Crippen LogP contribution < -0.4 is 0 Å². The van der Waals surface area contributed by atoms with Gasteiger partial charge in [-0.05, 0) is 47.2 Å². The summed E-state index contributed by atoms with van der Waals surface area (Å²) in [6.07, 6.45) is 2.18. The molecule has 1 atom stereocenters. The zero-order valence-electron chi connectivity index (χ0n) is 14.7. The Bertz CT molecular complexity index is 691. The maximum Gasteiger partial charge on any atom is 0.161 e. The van der Waals surface area contributed by atoms with Crippen LogP contribution in [0.2, 0.25) is 0 Å². The Kier molecular flexibility index (Phi) is 6.73. The zero-order valence-corrected chi connectivity index (χ0v) is 14.7. The van der Waals surface area contributed by atoms with Gasteiger partial charge in [0.2, 0.25) is 0 Å². The molecule has 128 valence electrons. The Morgan fingerprint density at radius 1 is 1.04 bits per heavy atom. The lowest BCUT2D eigenvalue weighted by Crippen LogP contribution is -2.14. The highest BCUT2D eigenvalue weighted by Crippen LogP contribution is 2.30. The lowest BCUT2D eigenvalue weighted by atomic mass is 9.92. The highest BCUT2D eigenvalue weighted by Gasteiger charge is 2.12. The first kappa shape index (κ1) is 18.4. The van der Waals surface area contributed by atoms with Gasteiger partial charge in [0.25, 0.3) is 0 Å². The molecule has 0 saturated carbocycles. The lowest BCUT2D eigenvalue weighted by Gasteiger charge is -2.18. The quantitative estimate of drug-likeness (QED) is 0.572. The molecule has 0 spiro atoms. The van der Waals surface area contributed by atoms with Crippen molar-refractivity contribution < 1.29 is 14.6 Å². The summed E-state index contributed by atoms with van der Waals surface area (Å²) in [5, 5.41) is 9.49. The molecule has 0 aliphatic rings. The molecule has 2 aromatic rings. The number of aliphatic hydroxyl groups is 1. The molecule has 1 unspecified atom stereocenters. The first-order valence-corrected chi connectivity index (χ1v) is 8.15. The van der Waals surface area contributed by atoms with Gasteiger partial charge in [-0.1, -0.05) is 42.5 Å². The van der Waals surface area contributed by atoms with E-state index in [1.807, 2.05) is 18.2 Å². The molecule has 2 rings (SSSR count). The summed E-state index contributed by atoms with van der Waals surface area (Å²) >= 11 is 0. The van der Waals surface area contributed by atoms with Crippen LogP contribution in [0.15, 0.2) is 49.1 Å². The zero-order chi connectivity index (χ0) is 17.5. The van der Waals surface area contributed by atoms with Gasteiger partial charge in [0.05, 0.1) is 13.2 Å². The van der Waals surface area contributed by atoms with Crippen molar-refractivity contribution in [3.8, 4) is 11.1 Å². The Morgan fingerprint density at radius 3 is 2.17 bits per heavy atom. The molecule has 0 heterocycles. The Labute approximate surface area is 144 Å². The molecule has 0 aromatic heterocycles. The van der Waals surface area contributed by atoms with E-state index in [9.17, 15) is 5.11 Å². The van der Waals surface area contributed by atoms with E-state index < -0.39 is 0 Å². The fourth-order valence-electron chi connectivity index (χ4n) is 2.83. The second kappa shape index (κ2) is 8.78. The van der Waals surface area contributed by atoms with Crippen LogP contribution in [0.5, 0.6) is 0 Å². The summed E-state index contributed by atoms with van der Waals surface area (Å²) in [5.41, 5.74) is 6.70. The minimum absolute atomic E-state index is 0.0542. The molecule has 0 aliphatic carbocycles. The monoisotopic (exact) mass is 326 g/mol. The van der Waals surface area contributed by atoms with Gasteiger partial charge in [0.1, 0.15) is 0 Å². The van der Waals surface area contributed by atoms with E-state index in [4.69, 9.17) is 9.47 Å². The molecule has 0 amide bonds. The average Bonchev–Trinajstić information content (AvgIpc) is 2.60. The number of aliphatic hydroxyl groups excluding tert-OH is 1. The summed E-state index contributed by atoms with van der Waals surface area (Å²) in [6.45, 7) is 8.42. The first-order chi connectivity index (χ1) is 11.6. The van der Waals surface area contributed by atoms with Gasteiger partial charge in [-0.3, -0.25) is 0 Å². The largest absolute Gasteiger partial charge is 0.392 e. The van der Waals surface area contributed by atoms with Crippen LogP contribution in [0, 0.1) is 13.8 Å². The Hall–Kier alpha value is -1.94. The first-order valence-electron chi connectivity index (χ1n) is 8.15. The van der Waals surface area contributed by atoms with Crippen LogP contribution in [-0.4, -0.2) is 18.5 Å². The molecule has 1 N–H and O–H groups in total. The standard InChI is InChI=1S/C21H26O3/c1-5-8-21(23-4)24-14-18-10-7-12-20(16(18)3)19-11-6-9-17(13-22)15(19)2/h5-7,9-12,21-22H,1,8,13-14H2,2-4H3. The molecule has 24 heavy (non-hydrogen) atoms. The minimum atomic E-state index is -0.273. The topological polar surface area (TPSA) is 38.7 Å². The summed E-state index contributed by atoms with van der Waals surface area (Å²) in [7, 11) is 1.64. The number of hydrogen-bond donors (Lipinski definition) is 1. The number of rotatable bonds is 8. The number of hydrogen-bond acceptors (Lipinski definition) is 3. The molecule has 0 fully saturated rings. The van der Waals surface area contributed by atoms with E-state index in [2.05, 4.69) is 38.6 Å². The highest BCUT2D eigenvalue weighted by atomic mass is 16.7. The molecule has 0 saturated heterocycles. The third kappa shape index (κ3) is 4.12. The van der Waals surface area contributed by atoms with Crippen LogP contribution in [0.25, 0.3) is 11.1 Å². The average molecular weight is 326 g/mol. The predicted molar refractivity (Wildman–Crippen MR) is 97.7 cm³/mol. The SMILES string of the molecule is C=CCC(OC)OCc1cccc(-c2cccc(CO)c2C)c1C. The van der Waals surface area contributed by atoms with Crippen LogP contribution >= 0.6 is 0 Å². The molecule has 0 radical (unpaired) electrons. The van der Waals surface area contributed by atoms with E-state index in [1.54, 1.807) is 13.2 Å². The van der Waals surface area contributed by atoms with Crippen LogP contribution in [0.3, 0.4) is 0 Å². The fourth-order valence-corrected chi connectivity index (χ4v) is 2.83. The van der Waals surface area contributed by atoms with Gasteiger partial charge >= 0.3 is 0 Å². The smallest absolute Gasteiger partial charge is 0.161 e. The maximum atomic E-state index is 9.49. The lowest BCUT2D eigenvalue weighted by molar-refractivity contribution is -0.128. The van der Waals surface area contributed by atoms with Crippen molar-refractivity contribution in [2.24, 2.45) is 0 Å². The molecular weight excluding hydrogens is 300 g/mol. The third-order valence-corrected chi connectivity index (χ3v) is 4.40. The summed E-state index contributed by atoms with van der Waals surface area (Å²) in [6, 6.07) is 12.3. The van der Waals surface area contributed by atoms with Crippen molar-refractivity contribution >= 4 is 0 Å². The van der Waals surface area contributed by atoms with Gasteiger partial charge in [-0.15, -0.1) is 6.58 Å². The van der Waals surface area contributed by atoms with Crippen LogP contribution in [0.1, 0.15) is 28.7 Å². The minimum Gasteiger partial charge on any atom is -0.392 e. The van der Waals surface area contributed by atoms with Crippen LogP contribution in [-0.2, 0) is 22.7 Å². The van der Waals surface area contributed by atoms with Gasteiger partial charge in [0.15, 0.2) is 6.29 Å². The maximum absolute atomic E-state index is 9.49. The Balaban J connectivity index is 2.30. The normalized spacial score (nSPS) is 12.2. The highest BCUT2D eigenvalue weighted by molar-refractivity contribution is 5.72. The van der Waals surface area contributed by atoms with E-state index in [0.29, 0.717) is 13.0 Å². The van der Waals surface area contributed by atoms with Crippen molar-refractivity contribution in [1.82, 2.24) is 0 Å². The number of methoxy groups -OCH3 is 1. The summed E-state index contributed by atoms with van der Waals surface area (Å²) < 4.78 is 11.1. The fraction of sp³-hybridized carbons (Fsp3) is 0.333. The molecule has 3 heteroatoms. The third-order valence-electron chi connectivity index (χ3n) is 4.40. The van der Waals surface area contributed by atoms with Gasteiger partial charge in [0, 0.05) is 13.5 Å². The van der Waals surface area contributed by atoms with E-state index in [-0.39, 0.29) is 12.9 Å². The van der Waals surface area contributed by atoms with Crippen molar-refractivity contribution in [1.29, 1.82) is 0 Å². The predicted octanol–water partition coefficient (Wildman–Crippen LogP) is 4.53. The van der Waals surface area contributed by atoms with E-state index in [0.717, 1.165) is 22.3 Å². The summed E-state index contributed by atoms with van der Waals surface area (Å²) in [4.78, 5) is 0. The molecule has 0 bridgehead atoms. The second-order valence-corrected chi connectivity index (χ2v) is 5.84. The van der Waals surface area contributed by atoms with E-state index in [1.165, 1.54) is 11.1 Å². The van der Waals surface area contributed by atoms with Crippen molar-refractivity contribution in [3.05, 3.63) is 71.3 Å². The van der Waals surface area contributed by atoms with Crippen molar-refractivity contribution in [3.63, 3.8) is 0 Å². The van der Waals surface area contributed by atoms with Gasteiger partial charge in [-0.25, -0.2) is 0 Å². The molecule has 2 aromatic carbocycles. The number of ether oxygens (including phenoxy) is 2. The molecule has 0 aliphatic heterocycles. The Morgan fingerprint density at radius 2 is 1.62 bits per heavy atom. The van der Waals surface area contributed by atoms with Crippen molar-refractivity contribution in [2.45, 2.75) is 39.8 Å². The molecular formula is C21H26O3. The van der Waals surface area contributed by atoms with Crippen LogP contribution in [0.4, 0.5) is 0 Å². The van der Waals surface area contributed by atoms with Crippen molar-refractivity contribution in [2.75, 3.05) is 7.11 Å². The van der Waals surface area contributed by atoms with Gasteiger partial charge in [-0.2, -0.15) is 0 Å².